The summed E-state index contributed by atoms with van der Waals surface area (Å²) in [6, 6.07) is 50.3. The highest BCUT2D eigenvalue weighted by Crippen LogP contribution is 2.47. The summed E-state index contributed by atoms with van der Waals surface area (Å²) in [5, 5.41) is 63.7. The van der Waals surface area contributed by atoms with Crippen molar-refractivity contribution in [2.24, 2.45) is 0 Å². The number of ketones is 1. The topological polar surface area (TPSA) is 250 Å². The van der Waals surface area contributed by atoms with Crippen molar-refractivity contribution < 1.29 is 101 Å². The number of carbonyl (C=O) groups is 1. The second-order valence-electron chi connectivity index (χ2n) is 31.1. The van der Waals surface area contributed by atoms with E-state index in [1.165, 1.54) is 155 Å². The van der Waals surface area contributed by atoms with Crippen molar-refractivity contribution in [1.82, 2.24) is 30.0 Å². The predicted molar refractivity (Wildman–Crippen MR) is 492 cm³/mol. The average molecular weight is 1870 g/mol. The quantitative estimate of drug-likeness (QED) is 0.0718. The molecule has 0 saturated heterocycles. The summed E-state index contributed by atoms with van der Waals surface area (Å²) < 4.78 is 191. The number of aromatic nitrogens is 9. The third-order valence-corrected chi connectivity index (χ3v) is 22.9. The Bertz CT molecular complexity index is 7880. The highest BCUT2D eigenvalue weighted by Gasteiger charge is 2.33. The molecule has 18 aromatic rings. The average Bonchev–Trinajstić information content (AvgIpc) is 1.06. The molecule has 0 saturated carbocycles. The summed E-state index contributed by atoms with van der Waals surface area (Å²) in [5.74, 6) is -7.01. The first-order chi connectivity index (χ1) is 66.6. The van der Waals surface area contributed by atoms with Crippen LogP contribution in [0.15, 0.2) is 310 Å². The van der Waals surface area contributed by atoms with Gasteiger partial charge in [-0.15, -0.1) is 0 Å². The monoisotopic (exact) mass is 1870 g/mol. The minimum Gasteiger partial charge on any atom is -0.618 e. The zero-order chi connectivity index (χ0) is 97.2. The number of rotatable bonds is 11. The smallest absolute Gasteiger partial charge is 0.257 e. The van der Waals surface area contributed by atoms with Crippen LogP contribution in [0.3, 0.4) is 0 Å². The number of ether oxygens (including phenoxy) is 4. The Morgan fingerprint density at radius 2 is 0.725 bits per heavy atom. The number of aryl methyl sites for hydroxylation is 2. The van der Waals surface area contributed by atoms with Crippen molar-refractivity contribution in [1.29, 1.82) is 0 Å². The predicted octanol–water partition coefficient (Wildman–Crippen LogP) is 23.1. The molecule has 3 aliphatic rings. The molecule has 9 aromatic heterocycles. The summed E-state index contributed by atoms with van der Waals surface area (Å²) in [5.41, 5.74) is 11.0. The summed E-state index contributed by atoms with van der Waals surface area (Å²) in [6.45, 7) is 5.70. The number of carbonyl (C=O) groups excluding carboxylic acids is 1. The van der Waals surface area contributed by atoms with Crippen LogP contribution in [-0.4, -0.2) is 62.0 Å². The van der Waals surface area contributed by atoms with Gasteiger partial charge in [-0.1, -0.05) is 36.4 Å². The molecular formula is C106H68F12N10O10. The van der Waals surface area contributed by atoms with Crippen LogP contribution in [0.1, 0.15) is 29.3 Å². The van der Waals surface area contributed by atoms with E-state index in [1.54, 1.807) is 97.9 Å². The van der Waals surface area contributed by atoms with E-state index in [1.807, 2.05) is 32.0 Å². The molecule has 32 heteroatoms. The van der Waals surface area contributed by atoms with Gasteiger partial charge in [-0.25, -0.2) is 77.7 Å². The largest absolute Gasteiger partial charge is 0.618 e. The number of hydrogen-bond donors (Lipinski definition) is 1. The van der Waals surface area contributed by atoms with Crippen molar-refractivity contribution in [2.45, 2.75) is 20.8 Å². The van der Waals surface area contributed by atoms with Gasteiger partial charge in [0.05, 0.1) is 31.0 Å². The van der Waals surface area contributed by atoms with Crippen LogP contribution < -0.4 is 37.9 Å². The number of hydrogen-bond acceptors (Lipinski definition) is 16. The molecule has 9 aromatic carbocycles. The van der Waals surface area contributed by atoms with Gasteiger partial charge in [0.15, 0.2) is 42.1 Å². The maximum absolute atomic E-state index is 14.4. The van der Waals surface area contributed by atoms with E-state index in [2.05, 4.69) is 24.9 Å². The Labute approximate surface area is 776 Å². The minimum atomic E-state index is -0.924. The van der Waals surface area contributed by atoms with Crippen LogP contribution in [-0.2, 0) is 4.79 Å². The van der Waals surface area contributed by atoms with Crippen molar-refractivity contribution >= 4 is 61.2 Å². The molecule has 0 radical (unpaired) electrons. The van der Waals surface area contributed by atoms with Crippen LogP contribution in [0.2, 0.25) is 0 Å². The van der Waals surface area contributed by atoms with Gasteiger partial charge in [0.25, 0.3) is 22.8 Å². The standard InChI is InChI=1S/C22H16F2N2O3.C22H16F2N2O.C21H12F2N2O3.C21H14F2N2O2.C20H10F4N2O/c1-28-18-4-3-5-19(29-2)20(18)22-21-16(9-11-26(22)27)14(8-10-25-21)15-7-6-13(23)12-17(15)24;1-13-4-3-5-14(2)20(13)22-21-18(9-11-26(22)27)16(8-10-25-21)17-7-6-15(23)12-19(17)24;22-12-4-5-14(17(23)10-12)13-6-8-24-19-15(13)7-9-25(26)20(19)16-2-1-3-18-21(16)28-11-27-18;1-12-10-14(26)3-5-15(12)21-20-18(7-9-25(21)27)16(6-8-24-20)17-4-2-13(22)11-19(17)23;21-11-4-5-13(17(24)10-11)12-6-8-25-19-14(12)7-9-26(27)20(19)18-15(22)2-1-3-16(18)23/h3-12H,1-2H3;3-12H,1-2H3;1-10H,11H2;2-11,27H,1H3;1-10H. The zero-order valence-electron chi connectivity index (χ0n) is 72.7. The molecule has 1 aliphatic carbocycles. The number of methoxy groups -OCH3 is 2. The van der Waals surface area contributed by atoms with Gasteiger partial charge in [-0.05, 0) is 217 Å². The van der Waals surface area contributed by atoms with E-state index in [0.29, 0.717) is 148 Å². The molecule has 0 amide bonds. The molecule has 2 aliphatic heterocycles. The van der Waals surface area contributed by atoms with E-state index in [4.69, 9.17) is 18.9 Å². The first-order valence-electron chi connectivity index (χ1n) is 41.8. The van der Waals surface area contributed by atoms with Gasteiger partial charge in [0.2, 0.25) is 6.79 Å². The Kier molecular flexibility index (Phi) is 26.0. The molecule has 686 valence electrons. The minimum absolute atomic E-state index is 0.00211. The van der Waals surface area contributed by atoms with Crippen LogP contribution in [0.4, 0.5) is 52.7 Å². The number of hydroxylamine groups is 2. The van der Waals surface area contributed by atoms with Gasteiger partial charge in [-0.2, -0.15) is 18.9 Å². The lowest BCUT2D eigenvalue weighted by Gasteiger charge is -2.26. The Hall–Kier alpha value is -17.7. The SMILES string of the molecule is CC1=CC(=O)C=CC1=C1c2nccc(-c3ccc(F)cc3F)c2C=CN1O.COc1cccc(OC)c1-c1c2nccc(-c3ccc(F)cc3F)c2cc[n+]1[O-].Cc1cccc(C)c1-c1c2nccc(-c3ccc(F)cc3F)c2cc[n+]1[O-].[O-][n+]1ccc2c(-c3ccc(F)cc3F)ccnc2c1-c1c(F)cccc1F.[O-][n+]1ccc2c(-c3ccc(F)cc3F)ccnc2c1-c1cccc2c1OCO2. The van der Waals surface area contributed by atoms with E-state index in [9.17, 15) is 83.5 Å². The molecule has 20 nitrogen and oxygen atoms in total. The number of allylic oxidation sites excluding steroid dienone is 5. The zero-order valence-corrected chi connectivity index (χ0v) is 72.7. The molecule has 0 unspecified atom stereocenters. The van der Waals surface area contributed by atoms with E-state index >= 15 is 0 Å². The molecule has 0 atom stereocenters. The molecule has 0 bridgehead atoms. The maximum Gasteiger partial charge on any atom is 0.257 e. The number of benzene rings is 9. The molecule has 0 spiro atoms. The van der Waals surface area contributed by atoms with Crippen LogP contribution in [0.5, 0.6) is 23.0 Å². The van der Waals surface area contributed by atoms with E-state index in [0.717, 1.165) is 81.2 Å². The van der Waals surface area contributed by atoms with Crippen LogP contribution in [0.25, 0.3) is 156 Å². The first-order valence-corrected chi connectivity index (χ1v) is 41.8. The second-order valence-corrected chi connectivity index (χ2v) is 31.1. The van der Waals surface area contributed by atoms with Gasteiger partial charge in [-0.3, -0.25) is 15.0 Å². The Balaban J connectivity index is 0.000000119. The summed E-state index contributed by atoms with van der Waals surface area (Å²) in [7, 11) is 2.98. The molecule has 11 heterocycles. The Morgan fingerprint density at radius 1 is 0.362 bits per heavy atom. The van der Waals surface area contributed by atoms with Crippen molar-refractivity contribution in [3.8, 4) is 124 Å². The highest BCUT2D eigenvalue weighted by atomic mass is 19.2. The van der Waals surface area contributed by atoms with Gasteiger partial charge in [0.1, 0.15) is 120 Å². The lowest BCUT2D eigenvalue weighted by molar-refractivity contribution is -0.592. The number of halogens is 12. The Morgan fingerprint density at radius 3 is 1.14 bits per heavy atom. The lowest BCUT2D eigenvalue weighted by atomic mass is 9.91. The number of pyridine rings is 9. The van der Waals surface area contributed by atoms with Crippen molar-refractivity contribution in [3.63, 3.8) is 0 Å². The number of fused-ring (bicyclic) bond motifs is 6. The van der Waals surface area contributed by atoms with Gasteiger partial charge >= 0.3 is 0 Å². The van der Waals surface area contributed by atoms with Gasteiger partial charge < -0.3 is 39.8 Å². The summed E-state index contributed by atoms with van der Waals surface area (Å²) in [4.78, 5) is 33.2. The number of nitrogens with zero attached hydrogens (tertiary/aromatic N) is 10. The van der Waals surface area contributed by atoms with Crippen molar-refractivity contribution in [2.75, 3.05) is 21.0 Å². The fourth-order valence-corrected chi connectivity index (χ4v) is 16.7. The third kappa shape index (κ3) is 17.9. The molecule has 1 N–H and O–H groups in total. The molecule has 138 heavy (non-hydrogen) atoms. The first kappa shape index (κ1) is 92.2. The fraction of sp³-hybridized carbons (Fsp3) is 0.0566. The summed E-state index contributed by atoms with van der Waals surface area (Å²) >= 11 is 0. The summed E-state index contributed by atoms with van der Waals surface area (Å²) in [6.07, 6.45) is 19.9. The van der Waals surface area contributed by atoms with E-state index < -0.39 is 75.4 Å². The maximum atomic E-state index is 14.4. The molecular weight excluding hydrogens is 1800 g/mol. The number of para-hydroxylation sites is 1. The van der Waals surface area contributed by atoms with E-state index in [-0.39, 0.29) is 63.0 Å². The van der Waals surface area contributed by atoms with Crippen LogP contribution >= 0.6 is 0 Å². The highest BCUT2D eigenvalue weighted by molar-refractivity contribution is 6.06. The third-order valence-electron chi connectivity index (χ3n) is 22.9. The normalized spacial score (nSPS) is 12.8. The molecule has 0 fully saturated rings. The van der Waals surface area contributed by atoms with Gasteiger partial charge in [0, 0.05) is 152 Å². The second kappa shape index (κ2) is 38.9. The van der Waals surface area contributed by atoms with Crippen molar-refractivity contribution in [3.05, 3.63) is 423 Å². The molecule has 21 rings (SSSR count). The fourth-order valence-electron chi connectivity index (χ4n) is 16.7. The lowest BCUT2D eigenvalue weighted by Crippen LogP contribution is -2.29. The van der Waals surface area contributed by atoms with Crippen LogP contribution in [0, 0.1) is 104 Å².